The minimum Gasteiger partial charge on any atom is -0.496 e. The molecule has 1 aromatic carbocycles. The maximum atomic E-state index is 10.8. The number of benzene rings is 1. The molecule has 17 heavy (non-hydrogen) atoms. The maximum Gasteiger partial charge on any atom is 0.329 e. The van der Waals surface area contributed by atoms with Gasteiger partial charge in [-0.2, -0.15) is 5.10 Å². The molecule has 0 radical (unpaired) electrons. The highest BCUT2D eigenvalue weighted by atomic mass is 79.9. The summed E-state index contributed by atoms with van der Waals surface area (Å²) in [5.74, 6) is -1.48. The van der Waals surface area contributed by atoms with Crippen molar-refractivity contribution in [3.8, 4) is 5.75 Å². The van der Waals surface area contributed by atoms with E-state index in [0.717, 1.165) is 4.47 Å². The first-order chi connectivity index (χ1) is 8.04. The smallest absolute Gasteiger partial charge is 0.329 e. The standard InChI is InChI=1S/C10H10BrN3O3/c1-17-8-3-2-7(11)4-6(8)5-13-14-10(16)9(12)15/h2-5H,1H3,(H2,12,15)(H,14,16)/b13-5-. The number of nitrogens with two attached hydrogens (primary N) is 1. The van der Waals surface area contributed by atoms with Crippen molar-refractivity contribution in [2.45, 2.75) is 0 Å². The number of methoxy groups -OCH3 is 1. The number of carbonyl (C=O) groups excluding carboxylic acids is 2. The molecule has 0 atom stereocenters. The van der Waals surface area contributed by atoms with E-state index in [4.69, 9.17) is 10.5 Å². The fraction of sp³-hybridized carbons (Fsp3) is 0.100. The summed E-state index contributed by atoms with van der Waals surface area (Å²) in [6.07, 6.45) is 1.35. The van der Waals surface area contributed by atoms with Gasteiger partial charge in [-0.3, -0.25) is 9.59 Å². The second-order valence-electron chi connectivity index (χ2n) is 2.95. The quantitative estimate of drug-likeness (QED) is 0.480. The van der Waals surface area contributed by atoms with E-state index < -0.39 is 11.8 Å². The Kier molecular flexibility index (Phi) is 4.65. The van der Waals surface area contributed by atoms with Gasteiger partial charge in [0.2, 0.25) is 0 Å². The minimum absolute atomic E-state index is 0.588. The number of rotatable bonds is 3. The van der Waals surface area contributed by atoms with Crippen LogP contribution in [0.1, 0.15) is 5.56 Å². The molecule has 0 unspecified atom stereocenters. The summed E-state index contributed by atoms with van der Waals surface area (Å²) < 4.78 is 5.92. The van der Waals surface area contributed by atoms with Crippen molar-refractivity contribution < 1.29 is 14.3 Å². The average Bonchev–Trinajstić information content (AvgIpc) is 2.29. The second kappa shape index (κ2) is 6.00. The summed E-state index contributed by atoms with van der Waals surface area (Å²) in [6, 6.07) is 5.29. The molecule has 2 amide bonds. The first-order valence-electron chi connectivity index (χ1n) is 4.51. The van der Waals surface area contributed by atoms with E-state index in [1.807, 2.05) is 5.43 Å². The number of primary amides is 1. The van der Waals surface area contributed by atoms with Gasteiger partial charge in [-0.15, -0.1) is 0 Å². The van der Waals surface area contributed by atoms with Crippen molar-refractivity contribution >= 4 is 34.0 Å². The number of carbonyl (C=O) groups is 2. The predicted octanol–water partition coefficient (Wildman–Crippen LogP) is 0.393. The molecular formula is C10H10BrN3O3. The Hall–Kier alpha value is -1.89. The van der Waals surface area contributed by atoms with Crippen LogP contribution in [-0.2, 0) is 9.59 Å². The Morgan fingerprint density at radius 3 is 2.82 bits per heavy atom. The Bertz CT molecular complexity index is 474. The van der Waals surface area contributed by atoms with Crippen molar-refractivity contribution in [1.82, 2.24) is 5.43 Å². The highest BCUT2D eigenvalue weighted by molar-refractivity contribution is 9.10. The molecule has 1 rings (SSSR count). The van der Waals surface area contributed by atoms with Gasteiger partial charge in [-0.1, -0.05) is 15.9 Å². The molecule has 0 aliphatic rings. The molecule has 0 aliphatic heterocycles. The van der Waals surface area contributed by atoms with Crippen LogP contribution in [0.5, 0.6) is 5.75 Å². The summed E-state index contributed by atoms with van der Waals surface area (Å²) in [5, 5.41) is 3.59. The molecule has 7 heteroatoms. The number of hydrogen-bond acceptors (Lipinski definition) is 4. The molecule has 0 saturated heterocycles. The largest absolute Gasteiger partial charge is 0.496 e. The Morgan fingerprint density at radius 2 is 2.24 bits per heavy atom. The summed E-state index contributed by atoms with van der Waals surface area (Å²) >= 11 is 3.29. The number of halogens is 1. The van der Waals surface area contributed by atoms with Crippen LogP contribution in [0, 0.1) is 0 Å². The van der Waals surface area contributed by atoms with Crippen molar-refractivity contribution in [3.05, 3.63) is 28.2 Å². The normalized spacial score (nSPS) is 10.2. The number of hydrazone groups is 1. The molecule has 6 nitrogen and oxygen atoms in total. The van der Waals surface area contributed by atoms with Crippen molar-refractivity contribution in [1.29, 1.82) is 0 Å². The molecule has 0 heterocycles. The Balaban J connectivity index is 2.80. The van der Waals surface area contributed by atoms with Crippen molar-refractivity contribution in [3.63, 3.8) is 0 Å². The van der Waals surface area contributed by atoms with Gasteiger partial charge in [0, 0.05) is 10.0 Å². The number of hydrogen-bond donors (Lipinski definition) is 2. The predicted molar refractivity (Wildman–Crippen MR) is 65.6 cm³/mol. The highest BCUT2D eigenvalue weighted by Crippen LogP contribution is 2.21. The Morgan fingerprint density at radius 1 is 1.53 bits per heavy atom. The summed E-state index contributed by atoms with van der Waals surface area (Å²) in [6.45, 7) is 0. The van der Waals surface area contributed by atoms with E-state index >= 15 is 0 Å². The molecule has 0 fully saturated rings. The van der Waals surface area contributed by atoms with Crippen LogP contribution in [0.15, 0.2) is 27.8 Å². The molecule has 0 bridgehead atoms. The lowest BCUT2D eigenvalue weighted by atomic mass is 10.2. The molecule has 0 spiro atoms. The first-order valence-corrected chi connectivity index (χ1v) is 5.30. The van der Waals surface area contributed by atoms with Crippen LogP contribution in [0.3, 0.4) is 0 Å². The van der Waals surface area contributed by atoms with Crippen molar-refractivity contribution in [2.75, 3.05) is 7.11 Å². The zero-order valence-corrected chi connectivity index (χ0v) is 10.5. The van der Waals surface area contributed by atoms with Crippen molar-refractivity contribution in [2.24, 2.45) is 10.8 Å². The topological polar surface area (TPSA) is 93.8 Å². The van der Waals surface area contributed by atoms with E-state index in [0.29, 0.717) is 11.3 Å². The number of nitrogens with one attached hydrogen (secondary N) is 1. The number of ether oxygens (including phenoxy) is 1. The molecule has 0 aromatic heterocycles. The third kappa shape index (κ3) is 3.87. The van der Waals surface area contributed by atoms with Gasteiger partial charge in [-0.05, 0) is 18.2 Å². The highest BCUT2D eigenvalue weighted by Gasteiger charge is 2.06. The van der Waals surface area contributed by atoms with Crippen LogP contribution in [0.25, 0.3) is 0 Å². The van der Waals surface area contributed by atoms with Gasteiger partial charge < -0.3 is 10.5 Å². The fourth-order valence-corrected chi connectivity index (χ4v) is 1.40. The second-order valence-corrected chi connectivity index (χ2v) is 3.87. The van der Waals surface area contributed by atoms with Gasteiger partial charge in [0.15, 0.2) is 0 Å². The Labute approximate surface area is 106 Å². The van der Waals surface area contributed by atoms with E-state index in [2.05, 4.69) is 21.0 Å². The third-order valence-corrected chi connectivity index (χ3v) is 2.28. The number of nitrogens with zero attached hydrogens (tertiary/aromatic N) is 1. The van der Waals surface area contributed by atoms with Crippen LogP contribution in [0.2, 0.25) is 0 Å². The zero-order chi connectivity index (χ0) is 12.8. The summed E-state index contributed by atoms with van der Waals surface area (Å²) in [5.41, 5.74) is 7.37. The van der Waals surface area contributed by atoms with Gasteiger partial charge in [0.05, 0.1) is 13.3 Å². The van der Waals surface area contributed by atoms with Crippen LogP contribution in [-0.4, -0.2) is 25.1 Å². The molecule has 90 valence electrons. The molecule has 3 N–H and O–H groups in total. The lowest BCUT2D eigenvalue weighted by molar-refractivity contribution is -0.137. The van der Waals surface area contributed by atoms with Gasteiger partial charge in [0.25, 0.3) is 0 Å². The maximum absolute atomic E-state index is 10.8. The lowest BCUT2D eigenvalue weighted by Gasteiger charge is -2.04. The number of amides is 2. The zero-order valence-electron chi connectivity index (χ0n) is 8.94. The molecular weight excluding hydrogens is 290 g/mol. The molecule has 0 aliphatic carbocycles. The third-order valence-electron chi connectivity index (χ3n) is 1.79. The first kappa shape index (κ1) is 13.2. The molecule has 1 aromatic rings. The lowest BCUT2D eigenvalue weighted by Crippen LogP contribution is -2.32. The summed E-state index contributed by atoms with van der Waals surface area (Å²) in [4.78, 5) is 21.2. The molecule has 0 saturated carbocycles. The van der Waals surface area contributed by atoms with Crippen LogP contribution >= 0.6 is 15.9 Å². The average molecular weight is 300 g/mol. The fourth-order valence-electron chi connectivity index (χ4n) is 1.02. The van der Waals surface area contributed by atoms with Gasteiger partial charge in [-0.25, -0.2) is 5.43 Å². The monoisotopic (exact) mass is 299 g/mol. The van der Waals surface area contributed by atoms with E-state index in [9.17, 15) is 9.59 Å². The van der Waals surface area contributed by atoms with E-state index in [1.165, 1.54) is 13.3 Å². The minimum atomic E-state index is -1.09. The van der Waals surface area contributed by atoms with Gasteiger partial charge in [0.1, 0.15) is 5.75 Å². The van der Waals surface area contributed by atoms with Crippen LogP contribution in [0.4, 0.5) is 0 Å². The SMILES string of the molecule is COc1ccc(Br)cc1/C=N\NC(=O)C(N)=O. The van der Waals surface area contributed by atoms with E-state index in [1.54, 1.807) is 18.2 Å². The summed E-state index contributed by atoms with van der Waals surface area (Å²) in [7, 11) is 1.52. The van der Waals surface area contributed by atoms with Crippen LogP contribution < -0.4 is 15.9 Å². The van der Waals surface area contributed by atoms with E-state index in [-0.39, 0.29) is 0 Å². The van der Waals surface area contributed by atoms with Gasteiger partial charge >= 0.3 is 11.8 Å².